The average molecular weight is 301 g/mol. The van der Waals surface area contributed by atoms with E-state index in [9.17, 15) is 0 Å². The van der Waals surface area contributed by atoms with Gasteiger partial charge < -0.3 is 0 Å². The summed E-state index contributed by atoms with van der Waals surface area (Å²) in [6.07, 6.45) is 3.58. The zero-order valence-corrected chi connectivity index (χ0v) is 15.0. The number of aryl methyl sites for hydroxylation is 1. The van der Waals surface area contributed by atoms with E-state index in [1.165, 1.54) is 18.4 Å². The quantitative estimate of drug-likeness (QED) is 0.793. The second kappa shape index (κ2) is 5.35. The highest BCUT2D eigenvalue weighted by Gasteiger charge is 2.55. The number of benzene rings is 1. The van der Waals surface area contributed by atoms with Gasteiger partial charge in [-0.15, -0.1) is 0 Å². The van der Waals surface area contributed by atoms with Gasteiger partial charge in [-0.3, -0.25) is 4.84 Å². The normalized spacial score (nSPS) is 38.0. The highest BCUT2D eigenvalue weighted by molar-refractivity contribution is 5.35. The van der Waals surface area contributed by atoms with Crippen LogP contribution < -0.4 is 0 Å². The average Bonchev–Trinajstić information content (AvgIpc) is 2.68. The smallest absolute Gasteiger partial charge is 0.0887 e. The Morgan fingerprint density at radius 2 is 1.86 bits per heavy atom. The highest BCUT2D eigenvalue weighted by Crippen LogP contribution is 2.53. The van der Waals surface area contributed by atoms with Crippen molar-refractivity contribution in [3.8, 4) is 0 Å². The number of rotatable bonds is 2. The lowest BCUT2D eigenvalue weighted by Crippen LogP contribution is -2.48. The molecule has 1 saturated carbocycles. The molecule has 0 N–H and O–H groups in total. The minimum Gasteiger partial charge on any atom is -0.293 e. The van der Waals surface area contributed by atoms with E-state index in [2.05, 4.69) is 71.0 Å². The molecular weight excluding hydrogens is 270 g/mol. The molecule has 122 valence electrons. The molecule has 1 aliphatic carbocycles. The van der Waals surface area contributed by atoms with Gasteiger partial charge in [0.1, 0.15) is 0 Å². The van der Waals surface area contributed by atoms with Crippen LogP contribution in [0.25, 0.3) is 0 Å². The predicted octanol–water partition coefficient (Wildman–Crippen LogP) is 4.58. The van der Waals surface area contributed by atoms with Crippen molar-refractivity contribution in [3.05, 3.63) is 35.4 Å². The van der Waals surface area contributed by atoms with Gasteiger partial charge in [-0.2, -0.15) is 5.06 Å². The van der Waals surface area contributed by atoms with E-state index in [0.29, 0.717) is 17.9 Å². The first-order valence-corrected chi connectivity index (χ1v) is 8.79. The SMILES string of the molecule is CCc1ccccc1[C@@]1(C)C[C@@H]2[C@@H]([C@@H](C)C1)N(C)OC2(C)C. The van der Waals surface area contributed by atoms with Gasteiger partial charge in [0, 0.05) is 19.0 Å². The maximum absolute atomic E-state index is 6.19. The minimum atomic E-state index is -0.0590. The molecule has 2 heteroatoms. The van der Waals surface area contributed by atoms with Crippen molar-refractivity contribution >= 4 is 0 Å². The first-order chi connectivity index (χ1) is 10.3. The molecule has 22 heavy (non-hydrogen) atoms. The van der Waals surface area contributed by atoms with Crippen molar-refractivity contribution in [1.29, 1.82) is 0 Å². The Balaban J connectivity index is 2.00. The molecule has 1 heterocycles. The minimum absolute atomic E-state index is 0.0590. The second-order valence-corrected chi connectivity index (χ2v) is 8.29. The van der Waals surface area contributed by atoms with E-state index in [1.807, 2.05) is 0 Å². The fourth-order valence-electron chi connectivity index (χ4n) is 5.32. The Labute approximate surface area is 135 Å². The monoisotopic (exact) mass is 301 g/mol. The Morgan fingerprint density at radius 3 is 2.55 bits per heavy atom. The molecule has 1 saturated heterocycles. The summed E-state index contributed by atoms with van der Waals surface area (Å²) in [7, 11) is 2.12. The summed E-state index contributed by atoms with van der Waals surface area (Å²) in [4.78, 5) is 6.19. The van der Waals surface area contributed by atoms with Crippen molar-refractivity contribution < 1.29 is 4.84 Å². The van der Waals surface area contributed by atoms with Crippen LogP contribution in [-0.2, 0) is 16.7 Å². The largest absolute Gasteiger partial charge is 0.293 e. The molecule has 0 bridgehead atoms. The topological polar surface area (TPSA) is 12.5 Å². The van der Waals surface area contributed by atoms with Crippen molar-refractivity contribution in [2.24, 2.45) is 11.8 Å². The van der Waals surface area contributed by atoms with Gasteiger partial charge in [0.15, 0.2) is 0 Å². The summed E-state index contributed by atoms with van der Waals surface area (Å²) in [5.74, 6) is 1.25. The van der Waals surface area contributed by atoms with Crippen LogP contribution >= 0.6 is 0 Å². The molecule has 3 rings (SSSR count). The number of hydrogen-bond acceptors (Lipinski definition) is 2. The molecule has 1 aromatic rings. The van der Waals surface area contributed by atoms with E-state index in [-0.39, 0.29) is 11.0 Å². The molecule has 0 unspecified atom stereocenters. The summed E-state index contributed by atoms with van der Waals surface area (Å²) in [5, 5.41) is 2.14. The van der Waals surface area contributed by atoms with Gasteiger partial charge in [0.05, 0.1) is 5.60 Å². The van der Waals surface area contributed by atoms with Crippen LogP contribution in [-0.4, -0.2) is 23.8 Å². The second-order valence-electron chi connectivity index (χ2n) is 8.29. The standard InChI is InChI=1S/C20H31NO/c1-7-15-10-8-9-11-16(15)20(5)12-14(2)18-17(13-20)19(3,4)22-21(18)6/h8-11,14,17-18H,7,12-13H2,1-6H3/t14-,17+,18+,20+/m0/s1. The maximum Gasteiger partial charge on any atom is 0.0887 e. The fourth-order valence-corrected chi connectivity index (χ4v) is 5.32. The molecule has 2 fully saturated rings. The lowest BCUT2D eigenvalue weighted by atomic mass is 9.58. The van der Waals surface area contributed by atoms with Crippen molar-refractivity contribution in [2.75, 3.05) is 7.05 Å². The summed E-state index contributed by atoms with van der Waals surface area (Å²) in [6.45, 7) is 11.7. The van der Waals surface area contributed by atoms with Crippen LogP contribution in [0.3, 0.4) is 0 Å². The Bertz CT molecular complexity index is 552. The van der Waals surface area contributed by atoms with Crippen LogP contribution in [0.2, 0.25) is 0 Å². The summed E-state index contributed by atoms with van der Waals surface area (Å²) in [5.41, 5.74) is 3.28. The van der Waals surface area contributed by atoms with Gasteiger partial charge >= 0.3 is 0 Å². The summed E-state index contributed by atoms with van der Waals surface area (Å²) >= 11 is 0. The first-order valence-electron chi connectivity index (χ1n) is 8.79. The number of hydrogen-bond donors (Lipinski definition) is 0. The van der Waals surface area contributed by atoms with E-state index in [1.54, 1.807) is 5.56 Å². The summed E-state index contributed by atoms with van der Waals surface area (Å²) < 4.78 is 0. The van der Waals surface area contributed by atoms with Crippen molar-refractivity contribution in [3.63, 3.8) is 0 Å². The van der Waals surface area contributed by atoms with Gasteiger partial charge in [-0.1, -0.05) is 45.0 Å². The number of nitrogens with zero attached hydrogens (tertiary/aromatic N) is 1. The fraction of sp³-hybridized carbons (Fsp3) is 0.700. The maximum atomic E-state index is 6.19. The van der Waals surface area contributed by atoms with Crippen molar-refractivity contribution in [2.45, 2.75) is 70.9 Å². The third-order valence-electron chi connectivity index (χ3n) is 6.18. The predicted molar refractivity (Wildman–Crippen MR) is 91.8 cm³/mol. The number of hydroxylamine groups is 2. The molecule has 0 spiro atoms. The van der Waals surface area contributed by atoms with E-state index in [0.717, 1.165) is 6.42 Å². The van der Waals surface area contributed by atoms with Gasteiger partial charge in [-0.05, 0) is 55.6 Å². The van der Waals surface area contributed by atoms with Crippen LogP contribution in [0.5, 0.6) is 0 Å². The van der Waals surface area contributed by atoms with Crippen LogP contribution in [0.15, 0.2) is 24.3 Å². The lowest BCUT2D eigenvalue weighted by molar-refractivity contribution is -0.182. The third-order valence-corrected chi connectivity index (χ3v) is 6.18. The molecule has 2 nitrogen and oxygen atoms in total. The van der Waals surface area contributed by atoms with Crippen LogP contribution in [0.1, 0.15) is 58.6 Å². The van der Waals surface area contributed by atoms with Gasteiger partial charge in [0.25, 0.3) is 0 Å². The van der Waals surface area contributed by atoms with Crippen molar-refractivity contribution in [1.82, 2.24) is 5.06 Å². The zero-order chi connectivity index (χ0) is 16.1. The van der Waals surface area contributed by atoms with E-state index >= 15 is 0 Å². The van der Waals surface area contributed by atoms with Gasteiger partial charge in [-0.25, -0.2) is 0 Å². The molecule has 0 aromatic heterocycles. The van der Waals surface area contributed by atoms with Crippen LogP contribution in [0.4, 0.5) is 0 Å². The Hall–Kier alpha value is -0.860. The van der Waals surface area contributed by atoms with Crippen LogP contribution in [0, 0.1) is 11.8 Å². The highest BCUT2D eigenvalue weighted by atomic mass is 16.7. The van der Waals surface area contributed by atoms with E-state index < -0.39 is 0 Å². The Kier molecular flexibility index (Phi) is 3.89. The Morgan fingerprint density at radius 1 is 1.18 bits per heavy atom. The summed E-state index contributed by atoms with van der Waals surface area (Å²) in [6, 6.07) is 9.60. The zero-order valence-electron chi connectivity index (χ0n) is 15.0. The van der Waals surface area contributed by atoms with Gasteiger partial charge in [0.2, 0.25) is 0 Å². The molecule has 4 atom stereocenters. The lowest BCUT2D eigenvalue weighted by Gasteiger charge is -2.47. The number of fused-ring (bicyclic) bond motifs is 1. The molecule has 1 aliphatic heterocycles. The molecule has 0 radical (unpaired) electrons. The first kappa shape index (κ1) is 16.0. The third kappa shape index (κ3) is 2.41. The van der Waals surface area contributed by atoms with E-state index in [4.69, 9.17) is 4.84 Å². The molecular formula is C20H31NO. The molecule has 0 amide bonds. The molecule has 2 aliphatic rings. The molecule has 1 aromatic carbocycles.